The molecule has 1 aliphatic carbocycles. The van der Waals surface area contributed by atoms with Crippen molar-refractivity contribution in [2.24, 2.45) is 5.92 Å². The molecular weight excluding hydrogens is 491 g/mol. The predicted molar refractivity (Wildman–Crippen MR) is 140 cm³/mol. The topological polar surface area (TPSA) is 83.6 Å². The second kappa shape index (κ2) is 10.6. The Morgan fingerprint density at radius 2 is 1.95 bits per heavy atom. The van der Waals surface area contributed by atoms with Gasteiger partial charge in [0.15, 0.2) is 5.65 Å². The number of carbonyl (C=O) groups is 1. The van der Waals surface area contributed by atoms with E-state index in [4.69, 9.17) is 0 Å². The highest BCUT2D eigenvalue weighted by molar-refractivity contribution is 6.00. The molecule has 0 spiro atoms. The number of fused-ring (bicyclic) bond motifs is 1. The number of H-pyrrole nitrogens is 1. The molecule has 6 nitrogen and oxygen atoms in total. The second-order valence-corrected chi connectivity index (χ2v) is 10.1. The average molecular weight is 522 g/mol. The Morgan fingerprint density at radius 3 is 2.71 bits per heavy atom. The molecule has 1 aliphatic rings. The Balaban J connectivity index is 1.45. The summed E-state index contributed by atoms with van der Waals surface area (Å²) in [6.45, 7) is 3.98. The lowest BCUT2D eigenvalue weighted by Gasteiger charge is -2.38. The van der Waals surface area contributed by atoms with Crippen molar-refractivity contribution in [1.82, 2.24) is 25.5 Å². The van der Waals surface area contributed by atoms with E-state index in [-0.39, 0.29) is 11.5 Å². The van der Waals surface area contributed by atoms with E-state index in [1.165, 1.54) is 12.3 Å². The van der Waals surface area contributed by atoms with Gasteiger partial charge in [0.25, 0.3) is 5.91 Å². The van der Waals surface area contributed by atoms with E-state index in [0.29, 0.717) is 41.1 Å². The lowest BCUT2D eigenvalue weighted by Crippen LogP contribution is -2.43. The van der Waals surface area contributed by atoms with Crippen molar-refractivity contribution in [3.63, 3.8) is 0 Å². The maximum Gasteiger partial charge on any atom is 0.416 e. The van der Waals surface area contributed by atoms with Crippen LogP contribution in [0.15, 0.2) is 54.9 Å². The maximum absolute atomic E-state index is 13.9. The number of carbonyl (C=O) groups excluding carboxylic acids is 1. The fraction of sp³-hybridized carbons (Fsp3) is 0.379. The number of aryl methyl sites for hydroxylation is 1. The molecule has 3 aromatic heterocycles. The van der Waals surface area contributed by atoms with E-state index in [1.54, 1.807) is 24.4 Å². The monoisotopic (exact) mass is 521 g/mol. The summed E-state index contributed by atoms with van der Waals surface area (Å²) in [5, 5.41) is 11.0. The normalized spacial score (nSPS) is 20.0. The molecule has 5 rings (SSSR count). The zero-order valence-corrected chi connectivity index (χ0v) is 21.3. The van der Waals surface area contributed by atoms with Crippen LogP contribution in [0.2, 0.25) is 0 Å². The summed E-state index contributed by atoms with van der Waals surface area (Å²) in [5.41, 5.74) is 2.85. The zero-order valence-electron chi connectivity index (χ0n) is 21.3. The van der Waals surface area contributed by atoms with E-state index >= 15 is 0 Å². The SMILES string of the molecule is CCCC1CC[C@H](NC(=O)c2cnc3[nH]nc(-c4ccnc(C)c4)c3c2)[C@@H](c2ccccc2C(F)(F)F)C1. The van der Waals surface area contributed by atoms with Gasteiger partial charge in [-0.25, -0.2) is 4.98 Å². The van der Waals surface area contributed by atoms with E-state index < -0.39 is 23.7 Å². The lowest BCUT2D eigenvalue weighted by atomic mass is 9.72. The summed E-state index contributed by atoms with van der Waals surface area (Å²) in [7, 11) is 0. The van der Waals surface area contributed by atoms with Crippen molar-refractivity contribution in [2.45, 2.75) is 64.1 Å². The Kier molecular flexibility index (Phi) is 7.19. The van der Waals surface area contributed by atoms with Crippen molar-refractivity contribution < 1.29 is 18.0 Å². The minimum atomic E-state index is -4.46. The molecule has 3 atom stereocenters. The second-order valence-electron chi connectivity index (χ2n) is 10.1. The van der Waals surface area contributed by atoms with Crippen molar-refractivity contribution >= 4 is 16.9 Å². The highest BCUT2D eigenvalue weighted by atomic mass is 19.4. The van der Waals surface area contributed by atoms with Crippen LogP contribution >= 0.6 is 0 Å². The summed E-state index contributed by atoms with van der Waals surface area (Å²) in [6, 6.07) is 10.8. The first-order valence-electron chi connectivity index (χ1n) is 13.0. The summed E-state index contributed by atoms with van der Waals surface area (Å²) in [5.74, 6) is -0.455. The molecule has 38 heavy (non-hydrogen) atoms. The molecule has 0 bridgehead atoms. The third-order valence-electron chi connectivity index (χ3n) is 7.49. The molecule has 0 saturated heterocycles. The highest BCUT2D eigenvalue weighted by Crippen LogP contribution is 2.43. The fourth-order valence-electron chi connectivity index (χ4n) is 5.72. The van der Waals surface area contributed by atoms with Crippen LogP contribution in [0.4, 0.5) is 13.2 Å². The van der Waals surface area contributed by atoms with Crippen LogP contribution in [0.3, 0.4) is 0 Å². The summed E-state index contributed by atoms with van der Waals surface area (Å²) in [4.78, 5) is 22.0. The number of aromatic nitrogens is 4. The number of hydrogen-bond donors (Lipinski definition) is 2. The number of alkyl halides is 3. The standard InChI is InChI=1S/C29H30F3N5O/c1-3-6-18-9-10-25(22(14-18)21-7-4-5-8-24(21)29(30,31)32)35-28(38)20-15-23-26(36-37-27(23)34-16-20)19-11-12-33-17(2)13-19/h4-5,7-8,11-13,15-16,18,22,25H,3,6,9-10,14H2,1-2H3,(H,35,38)(H,34,36,37)/t18?,22-,25+/m1/s1. The minimum Gasteiger partial charge on any atom is -0.349 e. The molecule has 9 heteroatoms. The maximum atomic E-state index is 13.9. The van der Waals surface area contributed by atoms with Crippen LogP contribution in [-0.4, -0.2) is 32.1 Å². The van der Waals surface area contributed by atoms with Gasteiger partial charge in [0.1, 0.15) is 5.69 Å². The smallest absolute Gasteiger partial charge is 0.349 e. The van der Waals surface area contributed by atoms with E-state index in [9.17, 15) is 18.0 Å². The van der Waals surface area contributed by atoms with E-state index in [1.807, 2.05) is 19.1 Å². The molecule has 1 saturated carbocycles. The van der Waals surface area contributed by atoms with Gasteiger partial charge >= 0.3 is 6.18 Å². The molecule has 0 aliphatic heterocycles. The number of rotatable bonds is 6. The van der Waals surface area contributed by atoms with Crippen molar-refractivity contribution in [3.8, 4) is 11.3 Å². The van der Waals surface area contributed by atoms with Gasteiger partial charge in [-0.1, -0.05) is 38.0 Å². The molecule has 1 fully saturated rings. The Morgan fingerprint density at radius 1 is 1.13 bits per heavy atom. The third kappa shape index (κ3) is 5.28. The first-order chi connectivity index (χ1) is 18.2. The van der Waals surface area contributed by atoms with Gasteiger partial charge in [-0.05, 0) is 61.9 Å². The van der Waals surface area contributed by atoms with Crippen molar-refractivity contribution in [3.05, 3.63) is 77.2 Å². The van der Waals surface area contributed by atoms with Crippen LogP contribution in [0.1, 0.15) is 72.1 Å². The van der Waals surface area contributed by atoms with Crippen LogP contribution in [0, 0.1) is 12.8 Å². The van der Waals surface area contributed by atoms with Gasteiger partial charge in [-0.15, -0.1) is 0 Å². The number of halogens is 3. The van der Waals surface area contributed by atoms with Gasteiger partial charge < -0.3 is 5.32 Å². The number of nitrogens with zero attached hydrogens (tertiary/aromatic N) is 3. The zero-order chi connectivity index (χ0) is 26.9. The number of pyridine rings is 2. The molecule has 4 aromatic rings. The van der Waals surface area contributed by atoms with Crippen LogP contribution in [0.5, 0.6) is 0 Å². The number of nitrogens with one attached hydrogen (secondary N) is 2. The fourth-order valence-corrected chi connectivity index (χ4v) is 5.72. The average Bonchev–Trinajstić information content (AvgIpc) is 3.32. The first-order valence-corrected chi connectivity index (χ1v) is 13.0. The van der Waals surface area contributed by atoms with E-state index in [0.717, 1.165) is 36.6 Å². The Hall–Kier alpha value is -3.75. The van der Waals surface area contributed by atoms with Gasteiger partial charge in [0.2, 0.25) is 0 Å². The molecular formula is C29H30F3N5O. The molecule has 1 aromatic carbocycles. The minimum absolute atomic E-state index is 0.254. The summed E-state index contributed by atoms with van der Waals surface area (Å²) in [6.07, 6.45) is 2.75. The van der Waals surface area contributed by atoms with Crippen LogP contribution < -0.4 is 5.32 Å². The summed E-state index contributed by atoms with van der Waals surface area (Å²) < 4.78 is 41.7. The molecule has 2 N–H and O–H groups in total. The lowest BCUT2D eigenvalue weighted by molar-refractivity contribution is -0.138. The molecule has 0 radical (unpaired) electrons. The summed E-state index contributed by atoms with van der Waals surface area (Å²) >= 11 is 0. The van der Waals surface area contributed by atoms with Crippen LogP contribution in [-0.2, 0) is 6.18 Å². The third-order valence-corrected chi connectivity index (χ3v) is 7.49. The number of benzene rings is 1. The quantitative estimate of drug-likeness (QED) is 0.291. The molecule has 1 unspecified atom stereocenters. The highest BCUT2D eigenvalue weighted by Gasteiger charge is 2.39. The van der Waals surface area contributed by atoms with Gasteiger partial charge in [-0.2, -0.15) is 18.3 Å². The van der Waals surface area contributed by atoms with Gasteiger partial charge in [-0.3, -0.25) is 14.9 Å². The molecule has 1 amide bonds. The van der Waals surface area contributed by atoms with Gasteiger partial charge in [0, 0.05) is 41.0 Å². The van der Waals surface area contributed by atoms with Crippen molar-refractivity contribution in [1.29, 1.82) is 0 Å². The van der Waals surface area contributed by atoms with Gasteiger partial charge in [0.05, 0.1) is 11.1 Å². The van der Waals surface area contributed by atoms with E-state index in [2.05, 4.69) is 32.4 Å². The number of aromatic amines is 1. The Bertz CT molecular complexity index is 1450. The Labute approximate surface area is 219 Å². The largest absolute Gasteiger partial charge is 0.416 e. The molecule has 3 heterocycles. The predicted octanol–water partition coefficient (Wildman–Crippen LogP) is 6.83. The van der Waals surface area contributed by atoms with Crippen LogP contribution in [0.25, 0.3) is 22.3 Å². The first kappa shape index (κ1) is 25.9. The molecule has 198 valence electrons. The van der Waals surface area contributed by atoms with Crippen molar-refractivity contribution in [2.75, 3.05) is 0 Å². The number of amides is 1. The number of hydrogen-bond acceptors (Lipinski definition) is 4.